The van der Waals surface area contributed by atoms with Crippen LogP contribution in [-0.2, 0) is 19.4 Å². The Kier molecular flexibility index (Phi) is 4.36. The number of hydrogen-bond acceptors (Lipinski definition) is 5. The van der Waals surface area contributed by atoms with Crippen molar-refractivity contribution in [2.75, 3.05) is 7.11 Å². The number of ether oxygens (including phenoxy) is 1. The van der Waals surface area contributed by atoms with Gasteiger partial charge in [-0.3, -0.25) is 14.2 Å². The molecule has 3 aromatic rings. The van der Waals surface area contributed by atoms with E-state index in [1.807, 2.05) is 0 Å². The fraction of sp³-hybridized carbons (Fsp3) is 0.350. The zero-order valence-electron chi connectivity index (χ0n) is 14.8. The van der Waals surface area contributed by atoms with Gasteiger partial charge < -0.3 is 4.74 Å². The first-order valence-corrected chi connectivity index (χ1v) is 9.55. The van der Waals surface area contributed by atoms with Crippen LogP contribution in [0, 0.1) is 5.92 Å². The predicted octanol–water partition coefficient (Wildman–Crippen LogP) is 3.47. The average Bonchev–Trinajstić information content (AvgIpc) is 3.02. The predicted molar refractivity (Wildman–Crippen MR) is 102 cm³/mol. The van der Waals surface area contributed by atoms with Crippen LogP contribution in [-0.4, -0.2) is 22.4 Å². The third-order valence-electron chi connectivity index (χ3n) is 5.01. The highest BCUT2D eigenvalue weighted by molar-refractivity contribution is 7.18. The summed E-state index contributed by atoms with van der Waals surface area (Å²) in [6.07, 6.45) is 4.53. The molecule has 0 bridgehead atoms. The summed E-state index contributed by atoms with van der Waals surface area (Å²) >= 11 is 1.62. The maximum Gasteiger partial charge on any atom is 0.262 e. The van der Waals surface area contributed by atoms with E-state index in [0.29, 0.717) is 22.6 Å². The molecule has 4 rings (SSSR count). The molecule has 1 unspecified atom stereocenters. The van der Waals surface area contributed by atoms with Crippen LogP contribution >= 0.6 is 11.3 Å². The molecule has 1 atom stereocenters. The van der Waals surface area contributed by atoms with Crippen LogP contribution in [0.5, 0.6) is 5.75 Å². The van der Waals surface area contributed by atoms with Gasteiger partial charge in [0.1, 0.15) is 10.6 Å². The molecule has 5 nitrogen and oxygen atoms in total. The first kappa shape index (κ1) is 17.0. The minimum Gasteiger partial charge on any atom is -0.497 e. The molecule has 0 saturated heterocycles. The Morgan fingerprint density at radius 2 is 2.12 bits per heavy atom. The molecule has 2 aromatic heterocycles. The third-order valence-corrected chi connectivity index (χ3v) is 6.17. The lowest BCUT2D eigenvalue weighted by atomic mass is 9.89. The molecular formula is C20H20N2O3S. The number of thiophene rings is 1. The molecule has 26 heavy (non-hydrogen) atoms. The van der Waals surface area contributed by atoms with E-state index >= 15 is 0 Å². The molecule has 0 aliphatic heterocycles. The lowest BCUT2D eigenvalue weighted by molar-refractivity contribution is 0.0970. The summed E-state index contributed by atoms with van der Waals surface area (Å²) in [6, 6.07) is 6.92. The maximum absolute atomic E-state index is 13.0. The zero-order valence-corrected chi connectivity index (χ0v) is 15.6. The Bertz CT molecular complexity index is 1030. The third kappa shape index (κ3) is 2.94. The number of rotatable bonds is 4. The molecule has 0 N–H and O–H groups in total. The smallest absolute Gasteiger partial charge is 0.262 e. The van der Waals surface area contributed by atoms with Crippen LogP contribution in [0.3, 0.4) is 0 Å². The lowest BCUT2D eigenvalue weighted by Crippen LogP contribution is -2.25. The van der Waals surface area contributed by atoms with Crippen LogP contribution < -0.4 is 10.3 Å². The van der Waals surface area contributed by atoms with E-state index in [1.165, 1.54) is 15.8 Å². The quantitative estimate of drug-likeness (QED) is 0.662. The molecule has 1 aliphatic rings. The number of aromatic nitrogens is 2. The largest absolute Gasteiger partial charge is 0.497 e. The molecule has 0 amide bonds. The average molecular weight is 368 g/mol. The fourth-order valence-corrected chi connectivity index (χ4v) is 4.84. The minimum atomic E-state index is -0.117. The van der Waals surface area contributed by atoms with Crippen LogP contribution in [0.25, 0.3) is 10.2 Å². The normalized spacial score (nSPS) is 16.5. The van der Waals surface area contributed by atoms with Gasteiger partial charge in [-0.05, 0) is 55.0 Å². The van der Waals surface area contributed by atoms with E-state index in [9.17, 15) is 9.59 Å². The Hall–Kier alpha value is -2.47. The van der Waals surface area contributed by atoms with Crippen LogP contribution in [0.4, 0.5) is 0 Å². The molecular weight excluding hydrogens is 348 g/mol. The second kappa shape index (κ2) is 6.68. The van der Waals surface area contributed by atoms with Crippen molar-refractivity contribution < 1.29 is 9.53 Å². The highest BCUT2D eigenvalue weighted by Gasteiger charge is 2.23. The fourth-order valence-electron chi connectivity index (χ4n) is 3.50. The minimum absolute atomic E-state index is 0.00484. The van der Waals surface area contributed by atoms with Crippen molar-refractivity contribution in [1.29, 1.82) is 0 Å². The maximum atomic E-state index is 13.0. The summed E-state index contributed by atoms with van der Waals surface area (Å²) in [4.78, 5) is 32.0. The van der Waals surface area contributed by atoms with Gasteiger partial charge in [0, 0.05) is 10.4 Å². The number of nitrogens with zero attached hydrogens (tertiary/aromatic N) is 2. The number of methoxy groups -OCH3 is 1. The highest BCUT2D eigenvalue weighted by atomic mass is 32.1. The molecule has 6 heteroatoms. The Morgan fingerprint density at radius 1 is 1.35 bits per heavy atom. The first-order valence-electron chi connectivity index (χ1n) is 8.73. The molecule has 1 aromatic carbocycles. The summed E-state index contributed by atoms with van der Waals surface area (Å²) in [5.74, 6) is 1.23. The van der Waals surface area contributed by atoms with Crippen molar-refractivity contribution in [3.8, 4) is 5.75 Å². The van der Waals surface area contributed by atoms with Crippen molar-refractivity contribution in [3.05, 3.63) is 57.0 Å². The number of benzene rings is 1. The molecule has 0 saturated carbocycles. The summed E-state index contributed by atoms with van der Waals surface area (Å²) in [5.41, 5.74) is 1.59. The topological polar surface area (TPSA) is 61.2 Å². The number of Topliss-reactive ketones (excluding diaryl/α,β-unsaturated/α-hetero) is 1. The van der Waals surface area contributed by atoms with Gasteiger partial charge in [0.05, 0.1) is 25.4 Å². The molecule has 0 spiro atoms. The standard InChI is InChI=1S/C20H20N2O3S/c1-12-3-8-15-17(9-12)26-19-18(15)20(24)22(11-21-19)10-16(23)13-4-6-14(25-2)7-5-13/h4-7,11-12H,3,8-10H2,1-2H3. The van der Waals surface area contributed by atoms with Crippen molar-refractivity contribution in [1.82, 2.24) is 9.55 Å². The summed E-state index contributed by atoms with van der Waals surface area (Å²) < 4.78 is 6.54. The van der Waals surface area contributed by atoms with Gasteiger partial charge in [0.25, 0.3) is 5.56 Å². The second-order valence-corrected chi connectivity index (χ2v) is 7.94. The van der Waals surface area contributed by atoms with Crippen molar-refractivity contribution >= 4 is 27.3 Å². The number of ketones is 1. The lowest BCUT2D eigenvalue weighted by Gasteiger charge is -2.17. The van der Waals surface area contributed by atoms with E-state index in [1.54, 1.807) is 42.7 Å². The Balaban J connectivity index is 1.67. The van der Waals surface area contributed by atoms with Gasteiger partial charge in [-0.1, -0.05) is 6.92 Å². The van der Waals surface area contributed by atoms with E-state index in [2.05, 4.69) is 11.9 Å². The molecule has 134 valence electrons. The van der Waals surface area contributed by atoms with Gasteiger partial charge in [-0.2, -0.15) is 0 Å². The van der Waals surface area contributed by atoms with Gasteiger partial charge >= 0.3 is 0 Å². The van der Waals surface area contributed by atoms with E-state index in [0.717, 1.165) is 29.7 Å². The Labute approximate surface area is 155 Å². The van der Waals surface area contributed by atoms with Crippen molar-refractivity contribution in [3.63, 3.8) is 0 Å². The van der Waals surface area contributed by atoms with Crippen LogP contribution in [0.1, 0.15) is 34.1 Å². The van der Waals surface area contributed by atoms with Gasteiger partial charge in [0.15, 0.2) is 5.78 Å². The Morgan fingerprint density at radius 3 is 2.85 bits per heavy atom. The molecule has 1 aliphatic carbocycles. The second-order valence-electron chi connectivity index (χ2n) is 6.86. The number of carbonyl (C=O) groups is 1. The van der Waals surface area contributed by atoms with Gasteiger partial charge in [0.2, 0.25) is 0 Å². The van der Waals surface area contributed by atoms with Crippen molar-refractivity contribution in [2.24, 2.45) is 5.92 Å². The van der Waals surface area contributed by atoms with Gasteiger partial charge in [-0.15, -0.1) is 11.3 Å². The van der Waals surface area contributed by atoms with Gasteiger partial charge in [-0.25, -0.2) is 4.98 Å². The van der Waals surface area contributed by atoms with E-state index < -0.39 is 0 Å². The summed E-state index contributed by atoms with van der Waals surface area (Å²) in [6.45, 7) is 2.24. The van der Waals surface area contributed by atoms with E-state index in [4.69, 9.17) is 4.74 Å². The number of carbonyl (C=O) groups excluding carboxylic acids is 1. The molecule has 2 heterocycles. The number of fused-ring (bicyclic) bond motifs is 3. The first-order chi connectivity index (χ1) is 12.6. The van der Waals surface area contributed by atoms with E-state index in [-0.39, 0.29) is 17.9 Å². The SMILES string of the molecule is COc1ccc(C(=O)Cn2cnc3sc4c(c3c2=O)CCC(C)C4)cc1. The monoisotopic (exact) mass is 368 g/mol. The molecule has 0 radical (unpaired) electrons. The number of aryl methyl sites for hydroxylation is 1. The van der Waals surface area contributed by atoms with Crippen molar-refractivity contribution in [2.45, 2.75) is 32.7 Å². The summed E-state index contributed by atoms with van der Waals surface area (Å²) in [7, 11) is 1.58. The molecule has 0 fully saturated rings. The summed E-state index contributed by atoms with van der Waals surface area (Å²) in [5, 5.41) is 0.710. The highest BCUT2D eigenvalue weighted by Crippen LogP contribution is 2.35. The number of hydrogen-bond donors (Lipinski definition) is 0. The van der Waals surface area contributed by atoms with Crippen LogP contribution in [0.15, 0.2) is 35.4 Å². The zero-order chi connectivity index (χ0) is 18.3. The van der Waals surface area contributed by atoms with Crippen LogP contribution in [0.2, 0.25) is 0 Å².